The van der Waals surface area contributed by atoms with Gasteiger partial charge in [0, 0.05) is 48.5 Å². The first kappa shape index (κ1) is 24.3. The minimum Gasteiger partial charge on any atom is -0.396 e. The molecular weight excluding hydrogens is 472 g/mol. The molecule has 1 aliphatic heterocycles. The van der Waals surface area contributed by atoms with Crippen molar-refractivity contribution in [3.05, 3.63) is 83.2 Å². The van der Waals surface area contributed by atoms with E-state index in [1.807, 2.05) is 31.0 Å². The molecule has 7 nitrogen and oxygen atoms in total. The number of fused-ring (bicyclic) bond motifs is 4. The van der Waals surface area contributed by atoms with Crippen LogP contribution in [0.2, 0.25) is 0 Å². The summed E-state index contributed by atoms with van der Waals surface area (Å²) >= 11 is 0. The van der Waals surface area contributed by atoms with Crippen molar-refractivity contribution in [3.63, 3.8) is 0 Å². The minimum absolute atomic E-state index is 0.277. The Kier molecular flexibility index (Phi) is 6.42. The molecule has 1 aliphatic carbocycles. The van der Waals surface area contributed by atoms with E-state index in [1.165, 1.54) is 0 Å². The van der Waals surface area contributed by atoms with E-state index in [0.29, 0.717) is 0 Å². The molecule has 2 aliphatic rings. The van der Waals surface area contributed by atoms with E-state index in [2.05, 4.69) is 74.2 Å². The summed E-state index contributed by atoms with van der Waals surface area (Å²) in [7, 11) is 1.94. The van der Waals surface area contributed by atoms with Crippen LogP contribution in [0.5, 0.6) is 0 Å². The predicted octanol–water partition coefficient (Wildman–Crippen LogP) is 5.11. The van der Waals surface area contributed by atoms with Crippen LogP contribution in [0, 0.1) is 18.8 Å². The summed E-state index contributed by atoms with van der Waals surface area (Å²) in [5.74, 6) is 8.41. The molecule has 0 atom stereocenters. The van der Waals surface area contributed by atoms with Gasteiger partial charge >= 0.3 is 0 Å². The van der Waals surface area contributed by atoms with Gasteiger partial charge in [0.2, 0.25) is 0 Å². The van der Waals surface area contributed by atoms with Gasteiger partial charge < -0.3 is 5.11 Å². The van der Waals surface area contributed by atoms with Crippen LogP contribution >= 0.6 is 0 Å². The Morgan fingerprint density at radius 2 is 1.74 bits per heavy atom. The van der Waals surface area contributed by atoms with Gasteiger partial charge in [0.15, 0.2) is 5.82 Å². The van der Waals surface area contributed by atoms with Gasteiger partial charge in [-0.05, 0) is 62.4 Å². The Labute approximate surface area is 223 Å². The lowest BCUT2D eigenvalue weighted by atomic mass is 9.96. The average Bonchev–Trinajstić information content (AvgIpc) is 3.45. The molecule has 1 N–H and O–H groups in total. The van der Waals surface area contributed by atoms with E-state index in [0.717, 1.165) is 95.8 Å². The van der Waals surface area contributed by atoms with Crippen molar-refractivity contribution in [2.75, 3.05) is 6.61 Å². The van der Waals surface area contributed by atoms with Crippen LogP contribution in [-0.2, 0) is 12.6 Å². The molecule has 0 radical (unpaired) electrons. The van der Waals surface area contributed by atoms with Gasteiger partial charge in [-0.25, -0.2) is 0 Å². The average molecular weight is 505 g/mol. The first-order valence-electron chi connectivity index (χ1n) is 13.4. The van der Waals surface area contributed by atoms with Crippen LogP contribution in [0.1, 0.15) is 73.3 Å². The molecule has 38 heavy (non-hydrogen) atoms. The fourth-order valence-corrected chi connectivity index (χ4v) is 5.18. The van der Waals surface area contributed by atoms with Crippen LogP contribution in [0.25, 0.3) is 16.8 Å². The maximum absolute atomic E-state index is 8.90. The second kappa shape index (κ2) is 10.0. The van der Waals surface area contributed by atoms with Gasteiger partial charge in [0.1, 0.15) is 11.4 Å². The molecule has 1 saturated carbocycles. The summed E-state index contributed by atoms with van der Waals surface area (Å²) in [6, 6.07) is 15.0. The van der Waals surface area contributed by atoms with Crippen LogP contribution < -0.4 is 0 Å². The third kappa shape index (κ3) is 4.57. The second-order valence-electron chi connectivity index (χ2n) is 10.3. The van der Waals surface area contributed by atoms with Crippen LogP contribution in [0.15, 0.2) is 59.9 Å². The van der Waals surface area contributed by atoms with Gasteiger partial charge in [0.25, 0.3) is 0 Å². The summed E-state index contributed by atoms with van der Waals surface area (Å²) in [4.78, 5) is 5.38. The van der Waals surface area contributed by atoms with Crippen LogP contribution in [0.4, 0.5) is 0 Å². The van der Waals surface area contributed by atoms with E-state index in [4.69, 9.17) is 10.1 Å². The lowest BCUT2D eigenvalue weighted by molar-refractivity contribution is 0.282. The number of benzene rings is 2. The van der Waals surface area contributed by atoms with E-state index >= 15 is 0 Å². The highest BCUT2D eigenvalue weighted by Crippen LogP contribution is 2.51. The third-order valence-corrected chi connectivity index (χ3v) is 7.42. The van der Waals surface area contributed by atoms with E-state index in [9.17, 15) is 0 Å². The molecule has 2 aromatic heterocycles. The minimum atomic E-state index is -0.321. The molecule has 1 spiro atoms. The highest BCUT2D eigenvalue weighted by molar-refractivity contribution is 6.16. The molecular formula is C31H32N6O. The summed E-state index contributed by atoms with van der Waals surface area (Å²) in [5.41, 5.74) is 7.05. The standard InChI is InChI=1S/C31H32N6O/c1-22-34-35-30-31(16-17-31)33-29(24-12-10-23(11-13-24)9-7-5-3-4-6-8-18-38)27-19-25(14-15-28(27)37(22)30)26-20-32-36(2)21-26/h10-15,19-21,38H,3-6,8,16-18H2,1-2H3. The zero-order valence-electron chi connectivity index (χ0n) is 22.0. The van der Waals surface area contributed by atoms with Crippen molar-refractivity contribution < 1.29 is 5.11 Å². The van der Waals surface area contributed by atoms with E-state index < -0.39 is 0 Å². The highest BCUT2D eigenvalue weighted by atomic mass is 16.2. The quantitative estimate of drug-likeness (QED) is 0.280. The van der Waals surface area contributed by atoms with Gasteiger partial charge in [-0.1, -0.05) is 42.9 Å². The molecule has 0 saturated heterocycles. The molecule has 4 aromatic rings. The Morgan fingerprint density at radius 1 is 0.947 bits per heavy atom. The van der Waals surface area contributed by atoms with E-state index in [1.54, 1.807) is 0 Å². The zero-order chi connectivity index (χ0) is 26.1. The molecule has 192 valence electrons. The summed E-state index contributed by atoms with van der Waals surface area (Å²) in [6.07, 6.45) is 10.9. The Morgan fingerprint density at radius 3 is 2.47 bits per heavy atom. The van der Waals surface area contributed by atoms with Gasteiger partial charge in [0.05, 0.1) is 17.6 Å². The molecule has 1 fully saturated rings. The zero-order valence-corrected chi connectivity index (χ0v) is 22.0. The SMILES string of the molecule is Cc1nnc2n1-c1ccc(-c3cnn(C)c3)cc1C(c1ccc(C#CCCCCCCO)cc1)=NC21CC1. The molecule has 0 amide bonds. The summed E-state index contributed by atoms with van der Waals surface area (Å²) in [6.45, 7) is 2.29. The Balaban J connectivity index is 1.36. The number of aryl methyl sites for hydroxylation is 2. The highest BCUT2D eigenvalue weighted by Gasteiger charge is 2.51. The van der Waals surface area contributed by atoms with E-state index in [-0.39, 0.29) is 12.1 Å². The fraction of sp³-hybridized carbons (Fsp3) is 0.355. The molecule has 3 heterocycles. The molecule has 0 bridgehead atoms. The number of unbranched alkanes of at least 4 members (excludes halogenated alkanes) is 4. The predicted molar refractivity (Wildman–Crippen MR) is 148 cm³/mol. The van der Waals surface area contributed by atoms with Crippen molar-refractivity contribution in [2.24, 2.45) is 12.0 Å². The normalized spacial score (nSPS) is 14.8. The number of aliphatic hydroxyl groups is 1. The Hall–Kier alpha value is -4.02. The first-order valence-corrected chi connectivity index (χ1v) is 13.4. The number of rotatable bonds is 7. The number of hydrogen-bond acceptors (Lipinski definition) is 5. The maximum Gasteiger partial charge on any atom is 0.165 e. The fourth-order valence-electron chi connectivity index (χ4n) is 5.18. The monoisotopic (exact) mass is 504 g/mol. The molecule has 6 rings (SSSR count). The van der Waals surface area contributed by atoms with Crippen molar-refractivity contribution in [2.45, 2.75) is 57.4 Å². The van der Waals surface area contributed by atoms with Crippen molar-refractivity contribution in [1.29, 1.82) is 0 Å². The molecule has 7 heteroatoms. The van der Waals surface area contributed by atoms with Gasteiger partial charge in [-0.2, -0.15) is 5.10 Å². The smallest absolute Gasteiger partial charge is 0.165 e. The number of hydrogen-bond donors (Lipinski definition) is 1. The number of aromatic nitrogens is 5. The molecule has 0 unspecified atom stereocenters. The lowest BCUT2D eigenvalue weighted by Gasteiger charge is -2.14. The summed E-state index contributed by atoms with van der Waals surface area (Å²) < 4.78 is 4.01. The Bertz CT molecular complexity index is 1560. The van der Waals surface area contributed by atoms with Crippen molar-refractivity contribution in [1.82, 2.24) is 24.5 Å². The number of nitrogens with zero attached hydrogens (tertiary/aromatic N) is 6. The second-order valence-corrected chi connectivity index (χ2v) is 10.3. The largest absolute Gasteiger partial charge is 0.396 e. The first-order chi connectivity index (χ1) is 18.6. The van der Waals surface area contributed by atoms with Crippen LogP contribution in [-0.4, -0.2) is 42.0 Å². The topological polar surface area (TPSA) is 81.1 Å². The van der Waals surface area contributed by atoms with Crippen molar-refractivity contribution in [3.8, 4) is 28.7 Å². The third-order valence-electron chi connectivity index (χ3n) is 7.42. The van der Waals surface area contributed by atoms with Gasteiger partial charge in [-0.15, -0.1) is 10.2 Å². The lowest BCUT2D eigenvalue weighted by Crippen LogP contribution is -2.11. The maximum atomic E-state index is 8.90. The summed E-state index contributed by atoms with van der Waals surface area (Å²) in [5, 5.41) is 22.3. The number of aliphatic imine (C=N–C) groups is 1. The van der Waals surface area contributed by atoms with Crippen LogP contribution in [0.3, 0.4) is 0 Å². The van der Waals surface area contributed by atoms with Crippen molar-refractivity contribution >= 4 is 5.71 Å². The number of aliphatic hydroxyl groups excluding tert-OH is 1. The molecule has 2 aromatic carbocycles. The van der Waals surface area contributed by atoms with Gasteiger partial charge in [-0.3, -0.25) is 14.2 Å².